The van der Waals surface area contributed by atoms with Crippen LogP contribution in [0.15, 0.2) is 29.6 Å². The number of amides is 1. The van der Waals surface area contributed by atoms with E-state index in [2.05, 4.69) is 46.1 Å². The highest BCUT2D eigenvalue weighted by atomic mass is 32.1. The average Bonchev–Trinajstić information content (AvgIpc) is 3.16. The second-order valence-electron chi connectivity index (χ2n) is 7.56. The maximum absolute atomic E-state index is 12.3. The molecule has 1 N–H and O–H groups in total. The van der Waals surface area contributed by atoms with Crippen LogP contribution in [0, 0.1) is 0 Å². The monoisotopic (exact) mass is 416 g/mol. The fraction of sp³-hybridized carbons (Fsp3) is 0.476. The number of carbonyl (C=O) groups is 2. The number of thiazole rings is 1. The first-order chi connectivity index (χ1) is 13.9. The number of aliphatic carboxylic acids is 1. The lowest BCUT2D eigenvalue weighted by Gasteiger charge is -2.32. The number of carboxylic acid groups (broad SMARTS) is 1. The van der Waals surface area contributed by atoms with Gasteiger partial charge in [-0.05, 0) is 18.7 Å². The van der Waals surface area contributed by atoms with Gasteiger partial charge < -0.3 is 14.9 Å². The Morgan fingerprint density at radius 1 is 1.24 bits per heavy atom. The molecule has 1 fully saturated rings. The van der Waals surface area contributed by atoms with Crippen LogP contribution in [0.4, 0.5) is 0 Å². The van der Waals surface area contributed by atoms with Gasteiger partial charge in [0.25, 0.3) is 0 Å². The fourth-order valence-electron chi connectivity index (χ4n) is 3.27. The van der Waals surface area contributed by atoms with Crippen molar-refractivity contribution in [2.75, 3.05) is 46.8 Å². The molecule has 29 heavy (non-hydrogen) atoms. The smallest absolute Gasteiger partial charge is 0.305 e. The van der Waals surface area contributed by atoms with Crippen LogP contribution in [-0.4, -0.2) is 83.5 Å². The van der Waals surface area contributed by atoms with Crippen LogP contribution in [0.25, 0.3) is 10.6 Å². The Hall–Kier alpha value is -2.29. The third kappa shape index (κ3) is 6.35. The summed E-state index contributed by atoms with van der Waals surface area (Å²) >= 11 is 1.53. The lowest BCUT2D eigenvalue weighted by atomic mass is 10.1. The molecule has 2 aromatic rings. The summed E-state index contributed by atoms with van der Waals surface area (Å²) in [6.45, 7) is 5.51. The number of benzene rings is 1. The number of hydrogen-bond donors (Lipinski definition) is 1. The van der Waals surface area contributed by atoms with E-state index >= 15 is 0 Å². The predicted octanol–water partition coefficient (Wildman–Crippen LogP) is 2.03. The van der Waals surface area contributed by atoms with E-state index in [-0.39, 0.29) is 25.3 Å². The Kier molecular flexibility index (Phi) is 7.35. The van der Waals surface area contributed by atoms with Crippen molar-refractivity contribution in [1.29, 1.82) is 0 Å². The van der Waals surface area contributed by atoms with Gasteiger partial charge in [-0.15, -0.1) is 11.3 Å². The van der Waals surface area contributed by atoms with E-state index in [9.17, 15) is 9.59 Å². The van der Waals surface area contributed by atoms with Gasteiger partial charge in [0.05, 0.1) is 18.5 Å². The quantitative estimate of drug-likeness (QED) is 0.710. The van der Waals surface area contributed by atoms with E-state index < -0.39 is 5.97 Å². The standard InChI is InChI=1S/C21H28N4O3S/c1-23-8-10-25(11-9-23)14-16-4-3-5-17(12-16)21-22-18(15-29-21)13-19(26)24(2)7-6-20(27)28/h3-5,12,15H,6-11,13-14H2,1-2H3,(H,27,28). The number of carbonyl (C=O) groups excluding carboxylic acids is 1. The molecule has 8 heteroatoms. The molecule has 0 unspecified atom stereocenters. The Bertz CT molecular complexity index is 846. The number of nitrogens with zero attached hydrogens (tertiary/aromatic N) is 4. The second kappa shape index (κ2) is 9.96. The van der Waals surface area contributed by atoms with Crippen LogP contribution in [0.3, 0.4) is 0 Å². The molecular formula is C21H28N4O3S. The molecule has 1 saturated heterocycles. The third-order valence-corrected chi connectivity index (χ3v) is 6.09. The molecule has 0 bridgehead atoms. The molecule has 0 atom stereocenters. The number of aromatic nitrogens is 1. The van der Waals surface area contributed by atoms with E-state index in [0.29, 0.717) is 0 Å². The zero-order valence-corrected chi connectivity index (χ0v) is 17.8. The zero-order chi connectivity index (χ0) is 20.8. The normalized spacial score (nSPS) is 15.4. The number of piperazine rings is 1. The topological polar surface area (TPSA) is 77.0 Å². The molecule has 7 nitrogen and oxygen atoms in total. The van der Waals surface area contributed by atoms with Crippen LogP contribution in [0.5, 0.6) is 0 Å². The minimum absolute atomic E-state index is 0.0509. The predicted molar refractivity (Wildman–Crippen MR) is 114 cm³/mol. The van der Waals surface area contributed by atoms with Crippen LogP contribution >= 0.6 is 11.3 Å². The molecule has 0 radical (unpaired) electrons. The lowest BCUT2D eigenvalue weighted by Crippen LogP contribution is -2.43. The molecule has 1 aliphatic heterocycles. The van der Waals surface area contributed by atoms with Crippen LogP contribution in [0.1, 0.15) is 17.7 Å². The highest BCUT2D eigenvalue weighted by Crippen LogP contribution is 2.25. The summed E-state index contributed by atoms with van der Waals surface area (Å²) in [6.07, 6.45) is 0.137. The van der Waals surface area contributed by atoms with Gasteiger partial charge in [0.2, 0.25) is 5.91 Å². The lowest BCUT2D eigenvalue weighted by molar-refractivity contribution is -0.138. The molecule has 1 aromatic carbocycles. The molecule has 2 heterocycles. The Morgan fingerprint density at radius 3 is 2.72 bits per heavy atom. The van der Waals surface area contributed by atoms with Crippen molar-refractivity contribution in [2.24, 2.45) is 0 Å². The minimum atomic E-state index is -0.906. The molecule has 0 spiro atoms. The third-order valence-electron chi connectivity index (χ3n) is 5.15. The number of hydrogen-bond acceptors (Lipinski definition) is 6. The highest BCUT2D eigenvalue weighted by Gasteiger charge is 2.16. The SMILES string of the molecule is CN1CCN(Cc2cccc(-c3nc(CC(=O)N(C)CCC(=O)O)cs3)c2)CC1. The van der Waals surface area contributed by atoms with Crippen molar-refractivity contribution in [3.63, 3.8) is 0 Å². The van der Waals surface area contributed by atoms with Gasteiger partial charge >= 0.3 is 5.97 Å². The van der Waals surface area contributed by atoms with Crippen LogP contribution < -0.4 is 0 Å². The van der Waals surface area contributed by atoms with Crippen molar-refractivity contribution in [3.8, 4) is 10.6 Å². The molecule has 1 aromatic heterocycles. The summed E-state index contributed by atoms with van der Waals surface area (Å²) in [5.41, 5.74) is 3.06. The summed E-state index contributed by atoms with van der Waals surface area (Å²) in [7, 11) is 3.78. The van der Waals surface area contributed by atoms with Gasteiger partial charge in [-0.25, -0.2) is 4.98 Å². The van der Waals surface area contributed by atoms with Crippen molar-refractivity contribution in [3.05, 3.63) is 40.9 Å². The summed E-state index contributed by atoms with van der Waals surface area (Å²) in [5.74, 6) is -1.02. The first-order valence-corrected chi connectivity index (χ1v) is 10.7. The Morgan fingerprint density at radius 2 is 2.00 bits per heavy atom. The maximum atomic E-state index is 12.3. The molecular weight excluding hydrogens is 388 g/mol. The first kappa shape index (κ1) is 21.4. The van der Waals surface area contributed by atoms with Crippen molar-refractivity contribution in [2.45, 2.75) is 19.4 Å². The van der Waals surface area contributed by atoms with Crippen LogP contribution in [0.2, 0.25) is 0 Å². The van der Waals surface area contributed by atoms with E-state index in [1.807, 2.05) is 5.38 Å². The first-order valence-electron chi connectivity index (χ1n) is 9.81. The van der Waals surface area contributed by atoms with Gasteiger partial charge in [-0.3, -0.25) is 14.5 Å². The minimum Gasteiger partial charge on any atom is -0.481 e. The van der Waals surface area contributed by atoms with Crippen LogP contribution in [-0.2, 0) is 22.6 Å². The maximum Gasteiger partial charge on any atom is 0.305 e. The molecule has 0 saturated carbocycles. The van der Waals surface area contributed by atoms with E-state index in [1.165, 1.54) is 21.8 Å². The van der Waals surface area contributed by atoms with E-state index in [4.69, 9.17) is 5.11 Å². The van der Waals surface area contributed by atoms with Crippen molar-refractivity contribution < 1.29 is 14.7 Å². The Labute approximate surface area is 175 Å². The number of likely N-dealkylation sites (N-methyl/N-ethyl adjacent to an activating group) is 2. The summed E-state index contributed by atoms with van der Waals surface area (Å²) in [4.78, 5) is 33.8. The van der Waals surface area contributed by atoms with Gasteiger partial charge in [-0.2, -0.15) is 0 Å². The summed E-state index contributed by atoms with van der Waals surface area (Å²) < 4.78 is 0. The fourth-order valence-corrected chi connectivity index (χ4v) is 4.08. The largest absolute Gasteiger partial charge is 0.481 e. The summed E-state index contributed by atoms with van der Waals surface area (Å²) in [6, 6.07) is 8.45. The molecule has 1 amide bonds. The molecule has 156 valence electrons. The molecule has 1 aliphatic rings. The van der Waals surface area contributed by atoms with E-state index in [1.54, 1.807) is 7.05 Å². The van der Waals surface area contributed by atoms with Crippen molar-refractivity contribution >= 4 is 23.2 Å². The molecule has 0 aliphatic carbocycles. The average molecular weight is 417 g/mol. The number of rotatable bonds is 8. The van der Waals surface area contributed by atoms with Gasteiger partial charge in [0.15, 0.2) is 0 Å². The molecule has 3 rings (SSSR count). The number of carboxylic acids is 1. The second-order valence-corrected chi connectivity index (χ2v) is 8.42. The van der Waals surface area contributed by atoms with Gasteiger partial charge in [-0.1, -0.05) is 18.2 Å². The van der Waals surface area contributed by atoms with Gasteiger partial charge in [0.1, 0.15) is 5.01 Å². The zero-order valence-electron chi connectivity index (χ0n) is 17.0. The van der Waals surface area contributed by atoms with Gasteiger partial charge in [0, 0.05) is 57.3 Å². The summed E-state index contributed by atoms with van der Waals surface area (Å²) in [5, 5.41) is 11.6. The van der Waals surface area contributed by atoms with Crippen molar-refractivity contribution in [1.82, 2.24) is 19.7 Å². The Balaban J connectivity index is 1.59. The highest BCUT2D eigenvalue weighted by molar-refractivity contribution is 7.13. The van der Waals surface area contributed by atoms with E-state index in [0.717, 1.165) is 49.0 Å².